The van der Waals surface area contributed by atoms with Crippen LogP contribution >= 0.6 is 15.9 Å². The zero-order chi connectivity index (χ0) is 15.0. The first-order valence-electron chi connectivity index (χ1n) is 7.28. The topological polar surface area (TPSA) is 12.4 Å². The van der Waals surface area contributed by atoms with Crippen LogP contribution in [-0.2, 0) is 5.41 Å². The summed E-state index contributed by atoms with van der Waals surface area (Å²) in [5, 5.41) is 0. The molecule has 0 atom stereocenters. The van der Waals surface area contributed by atoms with Gasteiger partial charge < -0.3 is 0 Å². The Morgan fingerprint density at radius 1 is 0.636 bits per heavy atom. The third-order valence-corrected chi connectivity index (χ3v) is 5.02. The van der Waals surface area contributed by atoms with Gasteiger partial charge in [0.1, 0.15) is 4.62 Å². The first-order chi connectivity index (χ1) is 10.8. The van der Waals surface area contributed by atoms with Crippen molar-refractivity contribution < 1.29 is 0 Å². The van der Waals surface area contributed by atoms with Crippen molar-refractivity contribution in [3.8, 4) is 0 Å². The Balaban J connectivity index is 2.10. The summed E-state index contributed by atoms with van der Waals surface area (Å²) in [6.45, 7) is 0. The van der Waals surface area contributed by atoms with E-state index in [1.807, 2.05) is 18.2 Å². The van der Waals surface area contributed by atoms with Gasteiger partial charge in [0.15, 0.2) is 0 Å². The highest BCUT2D eigenvalue weighted by atomic mass is 79.9. The summed E-state index contributed by atoms with van der Waals surface area (Å²) < 4.78 is 0.943. The number of para-hydroxylation sites is 1. The lowest BCUT2D eigenvalue weighted by Gasteiger charge is -2.31. The van der Waals surface area contributed by atoms with Gasteiger partial charge in [-0.15, -0.1) is 0 Å². The molecule has 0 radical (unpaired) electrons. The van der Waals surface area contributed by atoms with Gasteiger partial charge in [-0.1, -0.05) is 78.9 Å². The van der Waals surface area contributed by atoms with Crippen LogP contribution in [0.25, 0.3) is 0 Å². The van der Waals surface area contributed by atoms with Crippen molar-refractivity contribution in [2.24, 2.45) is 4.99 Å². The third-order valence-electron chi connectivity index (χ3n) is 4.25. The van der Waals surface area contributed by atoms with Gasteiger partial charge in [0.2, 0.25) is 0 Å². The van der Waals surface area contributed by atoms with E-state index in [-0.39, 0.29) is 5.41 Å². The summed E-state index contributed by atoms with van der Waals surface area (Å²) in [6, 6.07) is 29.5. The first kappa shape index (κ1) is 13.5. The van der Waals surface area contributed by atoms with Crippen LogP contribution in [0.15, 0.2) is 89.9 Å². The molecule has 106 valence electrons. The van der Waals surface area contributed by atoms with Gasteiger partial charge in [-0.25, -0.2) is 4.99 Å². The third kappa shape index (κ3) is 1.80. The van der Waals surface area contributed by atoms with E-state index in [9.17, 15) is 0 Å². The van der Waals surface area contributed by atoms with Gasteiger partial charge in [0.25, 0.3) is 0 Å². The predicted octanol–water partition coefficient (Wildman–Crippen LogP) is 5.46. The Labute approximate surface area is 138 Å². The summed E-state index contributed by atoms with van der Waals surface area (Å²) in [5.74, 6) is 0. The lowest BCUT2D eigenvalue weighted by Crippen LogP contribution is -2.32. The number of benzene rings is 3. The van der Waals surface area contributed by atoms with Crippen molar-refractivity contribution in [2.45, 2.75) is 5.41 Å². The quantitative estimate of drug-likeness (QED) is 0.583. The Bertz CT molecular complexity index is 798. The van der Waals surface area contributed by atoms with E-state index in [0.29, 0.717) is 0 Å². The van der Waals surface area contributed by atoms with Gasteiger partial charge in [0.05, 0.1) is 11.1 Å². The second kappa shape index (κ2) is 5.22. The van der Waals surface area contributed by atoms with Gasteiger partial charge >= 0.3 is 0 Å². The Morgan fingerprint density at radius 2 is 1.14 bits per heavy atom. The lowest BCUT2D eigenvalue weighted by atomic mass is 9.71. The van der Waals surface area contributed by atoms with E-state index >= 15 is 0 Å². The molecule has 0 saturated carbocycles. The largest absolute Gasteiger partial charge is 0.244 e. The molecule has 0 unspecified atom stereocenters. The number of aliphatic imine (C=N–C) groups is 1. The van der Waals surface area contributed by atoms with Crippen molar-refractivity contribution in [2.75, 3.05) is 0 Å². The molecule has 1 aliphatic rings. The summed E-state index contributed by atoms with van der Waals surface area (Å²) in [4.78, 5) is 4.79. The maximum Gasteiger partial charge on any atom is 0.103 e. The molecule has 0 bridgehead atoms. The molecule has 0 fully saturated rings. The lowest BCUT2D eigenvalue weighted by molar-refractivity contribution is 0.864. The molecule has 3 aromatic carbocycles. The molecule has 2 heteroatoms. The fourth-order valence-corrected chi connectivity index (χ4v) is 4.14. The first-order valence-corrected chi connectivity index (χ1v) is 8.08. The SMILES string of the molecule is BrC1=Nc2ccccc2C1(c1ccccc1)c1ccccc1. The van der Waals surface area contributed by atoms with E-state index in [1.54, 1.807) is 0 Å². The fourth-order valence-electron chi connectivity index (χ4n) is 3.28. The summed E-state index contributed by atoms with van der Waals surface area (Å²) in [6.07, 6.45) is 0. The molecule has 0 N–H and O–H groups in total. The van der Waals surface area contributed by atoms with Crippen molar-refractivity contribution in [1.82, 2.24) is 0 Å². The molecular weight excluding hydrogens is 334 g/mol. The van der Waals surface area contributed by atoms with Crippen molar-refractivity contribution in [3.63, 3.8) is 0 Å². The van der Waals surface area contributed by atoms with Crippen LogP contribution in [0.5, 0.6) is 0 Å². The average Bonchev–Trinajstić information content (AvgIpc) is 2.89. The number of hydrogen-bond acceptors (Lipinski definition) is 1. The molecule has 22 heavy (non-hydrogen) atoms. The average molecular weight is 348 g/mol. The minimum absolute atomic E-state index is 0.362. The molecular formula is C20H14BrN. The number of hydrogen-bond donors (Lipinski definition) is 0. The van der Waals surface area contributed by atoms with E-state index in [2.05, 4.69) is 82.7 Å². The molecule has 0 saturated heterocycles. The van der Waals surface area contributed by atoms with Gasteiger partial charge in [-0.2, -0.15) is 0 Å². The van der Waals surface area contributed by atoms with Crippen LogP contribution in [0, 0.1) is 0 Å². The molecule has 4 rings (SSSR count). The molecule has 0 amide bonds. The number of fused-ring (bicyclic) bond motifs is 1. The minimum Gasteiger partial charge on any atom is -0.244 e. The van der Waals surface area contributed by atoms with Gasteiger partial charge in [-0.05, 0) is 38.7 Å². The smallest absolute Gasteiger partial charge is 0.103 e. The zero-order valence-electron chi connectivity index (χ0n) is 11.9. The highest BCUT2D eigenvalue weighted by Gasteiger charge is 2.45. The van der Waals surface area contributed by atoms with Crippen LogP contribution in [-0.4, -0.2) is 4.62 Å². The number of nitrogens with zero attached hydrogens (tertiary/aromatic N) is 1. The van der Waals surface area contributed by atoms with Crippen LogP contribution in [0.1, 0.15) is 16.7 Å². The van der Waals surface area contributed by atoms with Crippen LogP contribution in [0.2, 0.25) is 0 Å². The maximum absolute atomic E-state index is 4.79. The monoisotopic (exact) mass is 347 g/mol. The van der Waals surface area contributed by atoms with E-state index < -0.39 is 0 Å². The second-order valence-corrected chi connectivity index (χ2v) is 6.15. The normalized spacial score (nSPS) is 15.2. The summed E-state index contributed by atoms with van der Waals surface area (Å²) >= 11 is 3.77. The Kier molecular flexibility index (Phi) is 3.20. The van der Waals surface area contributed by atoms with Crippen molar-refractivity contribution >= 4 is 26.2 Å². The second-order valence-electron chi connectivity index (χ2n) is 5.40. The zero-order valence-corrected chi connectivity index (χ0v) is 13.5. The number of rotatable bonds is 2. The van der Waals surface area contributed by atoms with Crippen molar-refractivity contribution in [3.05, 3.63) is 102 Å². The molecule has 1 heterocycles. The predicted molar refractivity (Wildman–Crippen MR) is 95.2 cm³/mol. The van der Waals surface area contributed by atoms with Crippen LogP contribution in [0.3, 0.4) is 0 Å². The van der Waals surface area contributed by atoms with E-state index in [4.69, 9.17) is 4.99 Å². The Hall–Kier alpha value is -2.19. The van der Waals surface area contributed by atoms with E-state index in [0.717, 1.165) is 10.3 Å². The summed E-state index contributed by atoms with van der Waals surface area (Å²) in [5.41, 5.74) is 4.34. The Morgan fingerprint density at radius 3 is 1.73 bits per heavy atom. The highest BCUT2D eigenvalue weighted by molar-refractivity contribution is 9.18. The molecule has 3 aromatic rings. The fraction of sp³-hybridized carbons (Fsp3) is 0.0500. The van der Waals surface area contributed by atoms with Crippen LogP contribution in [0.4, 0.5) is 5.69 Å². The van der Waals surface area contributed by atoms with Gasteiger partial charge in [-0.3, -0.25) is 0 Å². The molecule has 0 aliphatic carbocycles. The highest BCUT2D eigenvalue weighted by Crippen LogP contribution is 2.50. The van der Waals surface area contributed by atoms with Crippen LogP contribution < -0.4 is 0 Å². The molecule has 0 aromatic heterocycles. The van der Waals surface area contributed by atoms with Crippen molar-refractivity contribution in [1.29, 1.82) is 0 Å². The summed E-state index contributed by atoms with van der Waals surface area (Å²) in [7, 11) is 0. The molecule has 1 aliphatic heterocycles. The van der Waals surface area contributed by atoms with Gasteiger partial charge in [0, 0.05) is 0 Å². The maximum atomic E-state index is 4.79. The molecule has 1 nitrogen and oxygen atoms in total. The number of halogens is 1. The minimum atomic E-state index is -0.362. The standard InChI is InChI=1S/C20H14BrN/c21-19-20(15-9-3-1-4-10-15,16-11-5-2-6-12-16)17-13-7-8-14-18(17)22-19/h1-14H. The molecule has 0 spiro atoms. The van der Waals surface area contributed by atoms with E-state index in [1.165, 1.54) is 16.7 Å².